The van der Waals surface area contributed by atoms with Crippen LogP contribution in [0, 0.1) is 0 Å². The minimum Gasteiger partial charge on any atom is -0.505 e. The molecule has 0 heterocycles. The Morgan fingerprint density at radius 2 is 1.57 bits per heavy atom. The summed E-state index contributed by atoms with van der Waals surface area (Å²) in [7, 11) is 0. The van der Waals surface area contributed by atoms with Crippen LogP contribution in [0.5, 0.6) is 11.5 Å². The van der Waals surface area contributed by atoms with Crippen LogP contribution in [0.15, 0.2) is 42.5 Å². The number of hydrogen-bond acceptors (Lipinski definition) is 3. The van der Waals surface area contributed by atoms with E-state index in [1.54, 1.807) is 24.3 Å². The summed E-state index contributed by atoms with van der Waals surface area (Å²) < 4.78 is 4.87. The van der Waals surface area contributed by atoms with Crippen LogP contribution in [-0.2, 0) is 4.79 Å². The fourth-order valence-corrected chi connectivity index (χ4v) is 2.01. The van der Waals surface area contributed by atoms with Crippen LogP contribution in [0.4, 0.5) is 0 Å². The summed E-state index contributed by atoms with van der Waals surface area (Å²) in [5.74, 6) is -0.517. The largest absolute Gasteiger partial charge is 0.505 e. The van der Waals surface area contributed by atoms with Crippen LogP contribution in [0.3, 0.4) is 0 Å². The number of aliphatic carboxylic acids is 1. The van der Waals surface area contributed by atoms with Crippen LogP contribution in [0.2, 0.25) is 15.1 Å². The molecule has 0 spiro atoms. The summed E-state index contributed by atoms with van der Waals surface area (Å²) >= 11 is 16.5. The lowest BCUT2D eigenvalue weighted by Crippen LogP contribution is -2.09. The summed E-state index contributed by atoms with van der Waals surface area (Å²) in [6, 6.07) is 11.7. The number of hydrogen-bond donors (Lipinski definition) is 2. The Morgan fingerprint density at radius 3 is 2.05 bits per heavy atom. The van der Waals surface area contributed by atoms with Crippen LogP contribution >= 0.6 is 34.8 Å². The Balaban J connectivity index is 0.000000211. The number of halogens is 3. The van der Waals surface area contributed by atoms with Crippen molar-refractivity contribution in [1.29, 1.82) is 0 Å². The molecule has 2 rings (SSSR count). The molecule has 0 amide bonds. The van der Waals surface area contributed by atoms with E-state index < -0.39 is 5.97 Å². The van der Waals surface area contributed by atoms with Gasteiger partial charge in [0.05, 0.1) is 10.0 Å². The van der Waals surface area contributed by atoms with Crippen molar-refractivity contribution in [3.63, 3.8) is 0 Å². The van der Waals surface area contributed by atoms with Gasteiger partial charge < -0.3 is 14.9 Å². The number of phenols is 1. The average molecular weight is 350 g/mol. The van der Waals surface area contributed by atoms with E-state index >= 15 is 0 Å². The van der Waals surface area contributed by atoms with E-state index in [0.717, 1.165) is 0 Å². The third kappa shape index (κ3) is 6.58. The lowest BCUT2D eigenvalue weighted by molar-refractivity contribution is -0.139. The molecule has 112 valence electrons. The van der Waals surface area contributed by atoms with Crippen molar-refractivity contribution in [2.45, 2.75) is 0 Å². The van der Waals surface area contributed by atoms with E-state index in [2.05, 4.69) is 0 Å². The molecule has 0 aromatic heterocycles. The molecule has 0 aliphatic heterocycles. The monoisotopic (exact) mass is 348 g/mol. The van der Waals surface area contributed by atoms with E-state index in [-0.39, 0.29) is 22.4 Å². The van der Waals surface area contributed by atoms with Crippen molar-refractivity contribution in [2.75, 3.05) is 6.61 Å². The van der Waals surface area contributed by atoms with Gasteiger partial charge in [-0.2, -0.15) is 0 Å². The molecule has 0 aliphatic rings. The van der Waals surface area contributed by atoms with Crippen molar-refractivity contribution in [3.05, 3.63) is 57.5 Å². The first kappa shape index (κ1) is 17.4. The van der Waals surface area contributed by atoms with Gasteiger partial charge in [-0.05, 0) is 24.3 Å². The predicted molar refractivity (Wildman–Crippen MR) is 82.7 cm³/mol. The Bertz CT molecular complexity index is 579. The summed E-state index contributed by atoms with van der Waals surface area (Å²) in [5, 5.41) is 18.0. The molecular formula is C14H11Cl3O4. The molecule has 0 saturated carbocycles. The highest BCUT2D eigenvalue weighted by atomic mass is 35.5. The third-order valence-corrected chi connectivity index (χ3v) is 2.88. The number of rotatable bonds is 3. The van der Waals surface area contributed by atoms with Gasteiger partial charge in [-0.15, -0.1) is 0 Å². The normalized spacial score (nSPS) is 9.48. The summed E-state index contributed by atoms with van der Waals surface area (Å²) in [4.78, 5) is 10.0. The molecular weight excluding hydrogens is 339 g/mol. The molecule has 0 radical (unpaired) electrons. The highest BCUT2D eigenvalue weighted by Gasteiger charge is 2.04. The lowest BCUT2D eigenvalue weighted by Gasteiger charge is -2.00. The predicted octanol–water partition coefficient (Wildman–Crippen LogP) is 4.50. The Hall–Kier alpha value is -1.62. The van der Waals surface area contributed by atoms with Crippen LogP contribution in [0.25, 0.3) is 0 Å². The van der Waals surface area contributed by atoms with E-state index in [0.29, 0.717) is 10.8 Å². The maximum atomic E-state index is 10.0. The van der Waals surface area contributed by atoms with Crippen LogP contribution < -0.4 is 4.74 Å². The minimum atomic E-state index is -0.964. The van der Waals surface area contributed by atoms with Gasteiger partial charge in [-0.25, -0.2) is 4.79 Å². The maximum Gasteiger partial charge on any atom is 0.341 e. The van der Waals surface area contributed by atoms with Crippen molar-refractivity contribution in [3.8, 4) is 11.5 Å². The Kier molecular flexibility index (Phi) is 7.15. The van der Waals surface area contributed by atoms with Gasteiger partial charge in [0.15, 0.2) is 12.4 Å². The SMILES string of the molecule is O=C(O)COc1ccccc1.Oc1c(Cl)cc(Cl)cc1Cl. The lowest BCUT2D eigenvalue weighted by atomic mass is 10.3. The first-order valence-corrected chi connectivity index (χ1v) is 6.76. The second-order valence-electron chi connectivity index (χ2n) is 3.71. The van der Waals surface area contributed by atoms with E-state index in [1.807, 2.05) is 6.07 Å². The van der Waals surface area contributed by atoms with E-state index in [9.17, 15) is 4.79 Å². The smallest absolute Gasteiger partial charge is 0.341 e. The second kappa shape index (κ2) is 8.62. The molecule has 0 saturated heterocycles. The summed E-state index contributed by atoms with van der Waals surface area (Å²) in [6.45, 7) is -0.288. The maximum absolute atomic E-state index is 10.0. The number of carbonyl (C=O) groups is 1. The quantitative estimate of drug-likeness (QED) is 0.856. The third-order valence-electron chi connectivity index (χ3n) is 2.09. The summed E-state index contributed by atoms with van der Waals surface area (Å²) in [5.41, 5.74) is 0. The molecule has 2 N–H and O–H groups in total. The van der Waals surface area contributed by atoms with E-state index in [4.69, 9.17) is 49.8 Å². The van der Waals surface area contributed by atoms with Crippen molar-refractivity contribution in [2.24, 2.45) is 0 Å². The number of aromatic hydroxyl groups is 1. The fourth-order valence-electron chi connectivity index (χ4n) is 1.20. The van der Waals surface area contributed by atoms with Gasteiger partial charge in [-0.1, -0.05) is 53.0 Å². The highest BCUT2D eigenvalue weighted by Crippen LogP contribution is 2.34. The molecule has 4 nitrogen and oxygen atoms in total. The molecule has 0 bridgehead atoms. The van der Waals surface area contributed by atoms with Gasteiger partial charge in [0.1, 0.15) is 5.75 Å². The van der Waals surface area contributed by atoms with Crippen LogP contribution in [0.1, 0.15) is 0 Å². The molecule has 0 unspecified atom stereocenters. The van der Waals surface area contributed by atoms with Gasteiger partial charge in [0, 0.05) is 5.02 Å². The number of para-hydroxylation sites is 1. The first-order valence-electron chi connectivity index (χ1n) is 5.63. The molecule has 2 aromatic rings. The minimum absolute atomic E-state index is 0.132. The number of ether oxygens (including phenoxy) is 1. The number of carboxylic acids is 1. The van der Waals surface area contributed by atoms with Gasteiger partial charge in [0.25, 0.3) is 0 Å². The second-order valence-corrected chi connectivity index (χ2v) is 4.96. The zero-order valence-electron chi connectivity index (χ0n) is 10.6. The van der Waals surface area contributed by atoms with Gasteiger partial charge >= 0.3 is 5.97 Å². The Morgan fingerprint density at radius 1 is 1.05 bits per heavy atom. The van der Waals surface area contributed by atoms with E-state index in [1.165, 1.54) is 12.1 Å². The molecule has 2 aromatic carbocycles. The fraction of sp³-hybridized carbons (Fsp3) is 0.0714. The number of phenolic OH excluding ortho intramolecular Hbond substituents is 1. The van der Waals surface area contributed by atoms with Gasteiger partial charge in [-0.3, -0.25) is 0 Å². The highest BCUT2D eigenvalue weighted by molar-refractivity contribution is 6.40. The molecule has 0 aliphatic carbocycles. The standard InChI is InChI=1S/C8H8O3.C6H3Cl3O/c9-8(10)6-11-7-4-2-1-3-5-7;7-3-1-4(8)6(10)5(9)2-3/h1-5H,6H2,(H,9,10);1-2,10H. The molecule has 7 heteroatoms. The van der Waals surface area contributed by atoms with Crippen molar-refractivity contribution < 1.29 is 19.7 Å². The Labute approximate surface area is 136 Å². The van der Waals surface area contributed by atoms with Crippen molar-refractivity contribution in [1.82, 2.24) is 0 Å². The topological polar surface area (TPSA) is 66.8 Å². The molecule has 0 atom stereocenters. The number of carboxylic acid groups (broad SMARTS) is 1. The number of benzene rings is 2. The average Bonchev–Trinajstić information content (AvgIpc) is 2.44. The zero-order chi connectivity index (χ0) is 15.8. The van der Waals surface area contributed by atoms with Crippen LogP contribution in [-0.4, -0.2) is 22.8 Å². The van der Waals surface area contributed by atoms with Crippen molar-refractivity contribution >= 4 is 40.8 Å². The summed E-state index contributed by atoms with van der Waals surface area (Å²) in [6.07, 6.45) is 0. The molecule has 21 heavy (non-hydrogen) atoms. The van der Waals surface area contributed by atoms with Gasteiger partial charge in [0.2, 0.25) is 0 Å². The zero-order valence-corrected chi connectivity index (χ0v) is 12.9. The first-order chi connectivity index (χ1) is 9.90. The molecule has 0 fully saturated rings.